The topological polar surface area (TPSA) is 105 Å². The smallest absolute Gasteiger partial charge is 0.241 e. The predicted octanol–water partition coefficient (Wildman–Crippen LogP) is 0.553. The molecule has 1 fully saturated rings. The molecule has 2 rings (SSSR count). The number of carbonyl (C=O) groups excluding carboxylic acids is 1. The van der Waals surface area contributed by atoms with Gasteiger partial charge in [-0.15, -0.1) is 0 Å². The maximum atomic E-state index is 12.0. The van der Waals surface area contributed by atoms with Crippen molar-refractivity contribution >= 4 is 38.1 Å². The number of aromatic nitrogens is 1. The van der Waals surface area contributed by atoms with Crippen LogP contribution in [0.4, 0.5) is 10.8 Å². The molecule has 0 aromatic carbocycles. The fourth-order valence-corrected chi connectivity index (χ4v) is 4.24. The van der Waals surface area contributed by atoms with Gasteiger partial charge in [-0.1, -0.05) is 0 Å². The lowest BCUT2D eigenvalue weighted by Crippen LogP contribution is -2.39. The van der Waals surface area contributed by atoms with E-state index in [1.54, 1.807) is 4.90 Å². The van der Waals surface area contributed by atoms with Crippen LogP contribution in [0.15, 0.2) is 4.90 Å². The average Bonchev–Trinajstić information content (AvgIpc) is 2.78. The summed E-state index contributed by atoms with van der Waals surface area (Å²) in [5, 5.41) is 3.17. The molecule has 7 nitrogen and oxygen atoms in total. The predicted molar refractivity (Wildman–Crippen MR) is 78.6 cm³/mol. The van der Waals surface area contributed by atoms with Gasteiger partial charge in [0.1, 0.15) is 9.90 Å². The SMILES string of the molecule is CS(=O)(=O)c1c(N)nsc1NCC(=O)N1CCCCC1. The number of nitrogen functional groups attached to an aromatic ring is 1. The third kappa shape index (κ3) is 3.40. The summed E-state index contributed by atoms with van der Waals surface area (Å²) in [5.74, 6) is -0.0541. The highest BCUT2D eigenvalue weighted by molar-refractivity contribution is 7.91. The third-order valence-electron chi connectivity index (χ3n) is 3.15. The number of sulfone groups is 1. The quantitative estimate of drug-likeness (QED) is 0.840. The Labute approximate surface area is 122 Å². The van der Waals surface area contributed by atoms with E-state index in [0.29, 0.717) is 5.00 Å². The van der Waals surface area contributed by atoms with Crippen molar-refractivity contribution in [1.29, 1.82) is 0 Å². The van der Waals surface area contributed by atoms with Crippen LogP contribution in [0.2, 0.25) is 0 Å². The molecule has 20 heavy (non-hydrogen) atoms. The van der Waals surface area contributed by atoms with Crippen LogP contribution in [0, 0.1) is 0 Å². The largest absolute Gasteiger partial charge is 0.382 e. The summed E-state index contributed by atoms with van der Waals surface area (Å²) in [6, 6.07) is 0. The molecule has 1 aromatic heterocycles. The molecule has 0 unspecified atom stereocenters. The van der Waals surface area contributed by atoms with Crippen LogP contribution in [-0.4, -0.2) is 49.5 Å². The summed E-state index contributed by atoms with van der Waals surface area (Å²) in [5.41, 5.74) is 5.56. The molecule has 0 bridgehead atoms. The van der Waals surface area contributed by atoms with Gasteiger partial charge in [-0.3, -0.25) is 4.79 Å². The van der Waals surface area contributed by atoms with Crippen molar-refractivity contribution in [2.45, 2.75) is 24.2 Å². The Balaban J connectivity index is 2.02. The number of nitrogens with zero attached hydrogens (tertiary/aromatic N) is 2. The molecule has 0 saturated carbocycles. The number of rotatable bonds is 4. The van der Waals surface area contributed by atoms with Gasteiger partial charge in [0, 0.05) is 19.3 Å². The van der Waals surface area contributed by atoms with Crippen LogP contribution in [0.5, 0.6) is 0 Å². The van der Waals surface area contributed by atoms with E-state index in [9.17, 15) is 13.2 Å². The minimum atomic E-state index is -3.46. The number of carbonyl (C=O) groups is 1. The Morgan fingerprint density at radius 3 is 2.65 bits per heavy atom. The molecule has 3 N–H and O–H groups in total. The molecule has 0 radical (unpaired) electrons. The van der Waals surface area contributed by atoms with E-state index in [4.69, 9.17) is 5.73 Å². The summed E-state index contributed by atoms with van der Waals surface area (Å²) in [6.07, 6.45) is 4.27. The third-order valence-corrected chi connectivity index (χ3v) is 5.26. The summed E-state index contributed by atoms with van der Waals surface area (Å²) in [4.78, 5) is 13.8. The lowest BCUT2D eigenvalue weighted by molar-refractivity contribution is -0.130. The molecule has 1 aromatic rings. The van der Waals surface area contributed by atoms with Gasteiger partial charge < -0.3 is 16.0 Å². The second-order valence-electron chi connectivity index (χ2n) is 4.79. The van der Waals surface area contributed by atoms with Crippen LogP contribution < -0.4 is 11.1 Å². The van der Waals surface area contributed by atoms with E-state index < -0.39 is 9.84 Å². The van der Waals surface area contributed by atoms with Crippen molar-refractivity contribution in [3.05, 3.63) is 0 Å². The van der Waals surface area contributed by atoms with Gasteiger partial charge in [0.2, 0.25) is 5.91 Å². The number of anilines is 2. The maximum absolute atomic E-state index is 12.0. The zero-order chi connectivity index (χ0) is 14.8. The molecule has 2 heterocycles. The maximum Gasteiger partial charge on any atom is 0.241 e. The second-order valence-corrected chi connectivity index (χ2v) is 7.52. The Bertz CT molecular complexity index is 591. The van der Waals surface area contributed by atoms with E-state index >= 15 is 0 Å². The van der Waals surface area contributed by atoms with Crippen molar-refractivity contribution in [3.63, 3.8) is 0 Å². The number of nitrogens with one attached hydrogen (secondary N) is 1. The monoisotopic (exact) mass is 318 g/mol. The highest BCUT2D eigenvalue weighted by Crippen LogP contribution is 2.31. The minimum absolute atomic E-state index is 0.0195. The van der Waals surface area contributed by atoms with Crippen LogP contribution in [0.25, 0.3) is 0 Å². The van der Waals surface area contributed by atoms with Gasteiger partial charge in [-0.2, -0.15) is 4.37 Å². The minimum Gasteiger partial charge on any atom is -0.382 e. The Kier molecular flexibility index (Phi) is 4.48. The first-order valence-electron chi connectivity index (χ1n) is 6.36. The van der Waals surface area contributed by atoms with E-state index in [1.807, 2.05) is 0 Å². The Hall–Kier alpha value is -1.35. The standard InChI is InChI=1S/C11H18N4O3S2/c1-20(17,18)9-10(12)14-19-11(9)13-7-8(16)15-5-3-2-4-6-15/h13H,2-7H2,1H3,(H2,12,14). The summed E-state index contributed by atoms with van der Waals surface area (Å²) >= 11 is 0.956. The molecule has 1 saturated heterocycles. The number of hydrogen-bond acceptors (Lipinski definition) is 7. The van der Waals surface area contributed by atoms with Crippen LogP contribution in [0.1, 0.15) is 19.3 Å². The first-order valence-corrected chi connectivity index (χ1v) is 9.03. The first-order chi connectivity index (χ1) is 9.39. The van der Waals surface area contributed by atoms with E-state index in [-0.39, 0.29) is 23.2 Å². The summed E-state index contributed by atoms with van der Waals surface area (Å²) < 4.78 is 27.1. The molecule has 112 valence electrons. The van der Waals surface area contributed by atoms with Crippen molar-refractivity contribution in [3.8, 4) is 0 Å². The molecule has 1 aliphatic rings. The first kappa shape index (κ1) is 15.0. The number of piperidine rings is 1. The van der Waals surface area contributed by atoms with Crippen molar-refractivity contribution in [1.82, 2.24) is 9.27 Å². The Morgan fingerprint density at radius 2 is 2.05 bits per heavy atom. The van der Waals surface area contributed by atoms with Crippen LogP contribution in [-0.2, 0) is 14.6 Å². The van der Waals surface area contributed by atoms with E-state index in [1.165, 1.54) is 0 Å². The summed E-state index contributed by atoms with van der Waals surface area (Å²) in [6.45, 7) is 1.60. The highest BCUT2D eigenvalue weighted by Gasteiger charge is 2.22. The normalized spacial score (nSPS) is 16.1. The molecular formula is C11H18N4O3S2. The van der Waals surface area contributed by atoms with E-state index in [0.717, 1.165) is 50.1 Å². The van der Waals surface area contributed by atoms with Crippen molar-refractivity contribution in [2.75, 3.05) is 36.9 Å². The van der Waals surface area contributed by atoms with Crippen LogP contribution in [0.3, 0.4) is 0 Å². The number of hydrogen-bond donors (Lipinski definition) is 2. The molecular weight excluding hydrogens is 300 g/mol. The fourth-order valence-electron chi connectivity index (χ4n) is 2.18. The summed E-state index contributed by atoms with van der Waals surface area (Å²) in [7, 11) is -3.46. The van der Waals surface area contributed by atoms with Crippen molar-refractivity contribution < 1.29 is 13.2 Å². The fraction of sp³-hybridized carbons (Fsp3) is 0.636. The van der Waals surface area contributed by atoms with Gasteiger partial charge in [-0.05, 0) is 30.8 Å². The van der Waals surface area contributed by atoms with Crippen LogP contribution >= 0.6 is 11.5 Å². The second kappa shape index (κ2) is 5.96. The molecule has 1 aliphatic heterocycles. The van der Waals surface area contributed by atoms with Gasteiger partial charge in [0.25, 0.3) is 0 Å². The molecule has 9 heteroatoms. The van der Waals surface area contributed by atoms with Gasteiger partial charge >= 0.3 is 0 Å². The average molecular weight is 318 g/mol. The molecule has 0 aliphatic carbocycles. The zero-order valence-electron chi connectivity index (χ0n) is 11.3. The number of amides is 1. The lowest BCUT2D eigenvalue weighted by Gasteiger charge is -2.26. The van der Waals surface area contributed by atoms with Gasteiger partial charge in [-0.25, -0.2) is 8.42 Å². The molecule has 0 spiro atoms. The number of likely N-dealkylation sites (tertiary alicyclic amines) is 1. The Morgan fingerprint density at radius 1 is 1.40 bits per heavy atom. The number of nitrogens with two attached hydrogens (primary N) is 1. The molecule has 0 atom stereocenters. The lowest BCUT2D eigenvalue weighted by atomic mass is 10.1. The zero-order valence-corrected chi connectivity index (χ0v) is 12.9. The van der Waals surface area contributed by atoms with Gasteiger partial charge in [0.05, 0.1) is 6.54 Å². The molecule has 1 amide bonds. The van der Waals surface area contributed by atoms with Crippen molar-refractivity contribution in [2.24, 2.45) is 0 Å². The van der Waals surface area contributed by atoms with E-state index in [2.05, 4.69) is 9.69 Å². The highest BCUT2D eigenvalue weighted by atomic mass is 32.2. The van der Waals surface area contributed by atoms with Gasteiger partial charge in [0.15, 0.2) is 15.7 Å².